The van der Waals surface area contributed by atoms with Crippen LogP contribution >= 0.6 is 11.8 Å². The van der Waals surface area contributed by atoms with Gasteiger partial charge in [-0.1, -0.05) is 84.0 Å². The van der Waals surface area contributed by atoms with Crippen LogP contribution in [0.25, 0.3) is 0 Å². The minimum Gasteiger partial charge on any atom is -0.508 e. The Bertz CT molecular complexity index is 4190. The van der Waals surface area contributed by atoms with E-state index in [1.54, 1.807) is 50.4 Å². The van der Waals surface area contributed by atoms with Crippen LogP contribution in [0.2, 0.25) is 0 Å². The summed E-state index contributed by atoms with van der Waals surface area (Å²) in [6, 6.07) is -11.2. The standard InChI is InChI=1S/C81H128N22O25S/c1-39(2)34-52(69(117)92-51(29-33-129-9)68(116)102-64(43(8)106)79(127)128)97-76(124)62(41(5)6)99-72(120)55(37-60(111)112)95-65(113)48(19-14-31-89-81(86)87)90-67(115)50(26-28-59(109)110)91-66(114)49(25-27-58(83)108)93-75(123)61(40(3)4)100-73(121)56(38-104)98-77(125)63(42(7)105)101-71(119)54(36-45-21-23-46(107)24-22-45)94-70(118)53(35-44-16-11-10-12-17-44)96-74(122)57-20-15-32-103(57)78(126)47(82)18-13-30-88-80(84)85/h10-12,16-17,21-24,39-43,47-57,61-64,104-107H,13-15,18-20,25-38,82H2,1-9H3,(H2,83,108)(H,90,115)(H,91,114)(H,92,117)(H,93,123)(H,94,118)(H,95,113)(H,96,122)(H,97,124)(H,98,125)(H,99,120)(H,100,121)(H,101,119)(H,102,116)(H,109,110)(H,111,112)(H,127,128)(H4,84,85,88)(H4,86,87,89)/t42-,43-,47+,48+,49+,50+,51+,52+,53+,54+,55+,56+,57+,61+,62+,63+,64+/m1/s1. The SMILES string of the molecule is CSCC[C@H](NC(=O)[C@H](CC(C)C)NC(=O)[C@@H](NC(=O)[C@H](CC(=O)O)NC(=O)[C@H](CCCNC(=N)N)NC(=O)[C@H](CCC(=O)O)NC(=O)[C@H](CCC(N)=O)NC(=O)[C@@H](NC(=O)[C@H](CO)NC(=O)[C@@H](NC(=O)[C@H](Cc1ccc(O)cc1)NC(=O)[C@H](Cc1ccccc1)NC(=O)[C@@H]1CCCN1C(=O)[C@@H](N)CCCNC(=N)N)[C@@H](C)O)C(C)C)C(C)C)C(=O)N[C@H](C(=O)O)[C@@H](C)O. The average molecular weight is 1840 g/mol. The Balaban J connectivity index is 1.95. The third kappa shape index (κ3) is 39.7. The molecule has 15 amide bonds. The zero-order chi connectivity index (χ0) is 97.2. The average Bonchev–Trinajstić information content (AvgIpc) is 1.71. The molecule has 1 aliphatic rings. The normalized spacial score (nSPS) is 16.1. The quantitative estimate of drug-likeness (QED) is 0.0166. The van der Waals surface area contributed by atoms with Crippen LogP contribution in [0, 0.1) is 28.6 Å². The molecule has 0 bridgehead atoms. The van der Waals surface area contributed by atoms with Gasteiger partial charge in [0.1, 0.15) is 84.3 Å². The van der Waals surface area contributed by atoms with Gasteiger partial charge in [0.15, 0.2) is 18.0 Å². The molecule has 47 nitrogen and oxygen atoms in total. The first-order valence-electron chi connectivity index (χ1n) is 42.0. The summed E-state index contributed by atoms with van der Waals surface area (Å²) < 4.78 is 0. The molecule has 1 aliphatic heterocycles. The summed E-state index contributed by atoms with van der Waals surface area (Å²) in [5.74, 6) is -24.0. The van der Waals surface area contributed by atoms with Crippen molar-refractivity contribution in [3.63, 3.8) is 0 Å². The first-order valence-corrected chi connectivity index (χ1v) is 43.4. The summed E-state index contributed by atoms with van der Waals surface area (Å²) >= 11 is 1.28. The van der Waals surface area contributed by atoms with Crippen molar-refractivity contribution in [1.82, 2.24) is 84.7 Å². The topological polar surface area (TPSA) is 784 Å². The van der Waals surface area contributed by atoms with Gasteiger partial charge in [0.25, 0.3) is 0 Å². The van der Waals surface area contributed by atoms with Crippen LogP contribution in [-0.2, 0) is 99.1 Å². The lowest BCUT2D eigenvalue weighted by Crippen LogP contribution is -2.63. The molecule has 1 saturated heterocycles. The number of carboxylic acids is 3. The number of rotatable bonds is 58. The fraction of sp³-hybridized carbons (Fsp3) is 0.605. The van der Waals surface area contributed by atoms with Gasteiger partial charge in [0.05, 0.1) is 31.3 Å². The number of aromatic hydroxyl groups is 1. The highest BCUT2D eigenvalue weighted by atomic mass is 32.2. The summed E-state index contributed by atoms with van der Waals surface area (Å²) in [6.45, 7) is 10.3. The third-order valence-corrected chi connectivity index (χ3v) is 21.0. The molecule has 2 aromatic rings. The number of hydrogen-bond acceptors (Lipinski definition) is 26. The molecule has 718 valence electrons. The van der Waals surface area contributed by atoms with Gasteiger partial charge in [0, 0.05) is 45.3 Å². The number of carbonyl (C=O) groups is 18. The lowest BCUT2D eigenvalue weighted by molar-refractivity contribution is -0.145. The van der Waals surface area contributed by atoms with E-state index in [1.165, 1.54) is 68.6 Å². The van der Waals surface area contributed by atoms with Crippen LogP contribution in [0.15, 0.2) is 54.6 Å². The maximum Gasteiger partial charge on any atom is 0.328 e. The Morgan fingerprint density at radius 3 is 1.33 bits per heavy atom. The summed E-state index contributed by atoms with van der Waals surface area (Å²) in [4.78, 5) is 250. The zero-order valence-corrected chi connectivity index (χ0v) is 74.3. The second-order valence-electron chi connectivity index (χ2n) is 32.3. The number of nitrogens with two attached hydrogens (primary N) is 4. The van der Waals surface area contributed by atoms with Gasteiger partial charge >= 0.3 is 17.9 Å². The van der Waals surface area contributed by atoms with E-state index < -0.39 is 272 Å². The molecule has 0 aliphatic carbocycles. The highest BCUT2D eigenvalue weighted by Gasteiger charge is 2.43. The number of hydrogen-bond donors (Lipinski definition) is 28. The largest absolute Gasteiger partial charge is 0.508 e. The number of nitrogens with one attached hydrogen (secondary N) is 17. The number of phenolic OH excluding ortho intramolecular Hbond substituents is 1. The van der Waals surface area contributed by atoms with Crippen LogP contribution in [0.1, 0.15) is 150 Å². The molecule has 0 aromatic heterocycles. The molecule has 129 heavy (non-hydrogen) atoms. The molecule has 0 spiro atoms. The zero-order valence-electron chi connectivity index (χ0n) is 73.5. The van der Waals surface area contributed by atoms with Crippen LogP contribution in [0.3, 0.4) is 0 Å². The first-order chi connectivity index (χ1) is 60.6. The number of nitrogens with zero attached hydrogens (tertiary/aromatic N) is 1. The van der Waals surface area contributed by atoms with Crippen LogP contribution in [0.5, 0.6) is 5.75 Å². The Morgan fingerprint density at radius 2 is 0.853 bits per heavy atom. The second kappa shape index (κ2) is 55.9. The Hall–Kier alpha value is -12.6. The molecular weight excluding hydrogens is 1710 g/mol. The van der Waals surface area contributed by atoms with Crippen molar-refractivity contribution in [3.8, 4) is 5.75 Å². The third-order valence-electron chi connectivity index (χ3n) is 20.3. The van der Waals surface area contributed by atoms with Crippen molar-refractivity contribution in [1.29, 1.82) is 10.8 Å². The minimum absolute atomic E-state index is 0.0360. The number of aliphatic carboxylic acids is 3. The van der Waals surface area contributed by atoms with E-state index in [0.717, 1.165) is 13.8 Å². The van der Waals surface area contributed by atoms with E-state index in [-0.39, 0.29) is 88.0 Å². The number of amides is 15. The van der Waals surface area contributed by atoms with Gasteiger partial charge in [0.2, 0.25) is 88.6 Å². The fourth-order valence-corrected chi connectivity index (χ4v) is 13.8. The van der Waals surface area contributed by atoms with Crippen LogP contribution in [0.4, 0.5) is 0 Å². The molecule has 17 atom stereocenters. The number of aliphatic hydroxyl groups excluding tert-OH is 3. The minimum atomic E-state index is -2.08. The van der Waals surface area contributed by atoms with E-state index in [2.05, 4.69) is 79.8 Å². The van der Waals surface area contributed by atoms with E-state index in [1.807, 2.05) is 0 Å². The summed E-state index contributed by atoms with van der Waals surface area (Å²) in [6.07, 6.45) is -5.97. The Morgan fingerprint density at radius 1 is 0.457 bits per heavy atom. The van der Waals surface area contributed by atoms with Gasteiger partial charge in [-0.25, -0.2) is 4.79 Å². The smallest absolute Gasteiger partial charge is 0.328 e. The van der Waals surface area contributed by atoms with Gasteiger partial charge < -0.3 is 143 Å². The van der Waals surface area contributed by atoms with Crippen molar-refractivity contribution >= 4 is 130 Å². The highest BCUT2D eigenvalue weighted by molar-refractivity contribution is 7.98. The van der Waals surface area contributed by atoms with Crippen molar-refractivity contribution < 1.29 is 122 Å². The maximum atomic E-state index is 14.7. The molecule has 0 radical (unpaired) electrons. The molecule has 3 rings (SSSR count). The van der Waals surface area contributed by atoms with Gasteiger partial charge in [-0.15, -0.1) is 0 Å². The predicted molar refractivity (Wildman–Crippen MR) is 466 cm³/mol. The summed E-state index contributed by atoms with van der Waals surface area (Å²) in [5.41, 5.74) is 23.4. The number of primary amides is 1. The molecule has 48 heteroatoms. The molecule has 2 aromatic carbocycles. The number of benzene rings is 2. The molecule has 1 heterocycles. The number of guanidine groups is 2. The summed E-state index contributed by atoms with van der Waals surface area (Å²) in [7, 11) is 0. The number of aliphatic hydroxyl groups is 3. The number of carboxylic acid groups (broad SMARTS) is 3. The van der Waals surface area contributed by atoms with Gasteiger partial charge in [-0.3, -0.25) is 92.3 Å². The summed E-state index contributed by atoms with van der Waals surface area (Å²) in [5, 5.41) is 123. The lowest BCUT2D eigenvalue weighted by atomic mass is 9.99. The van der Waals surface area contributed by atoms with Crippen molar-refractivity contribution in [3.05, 3.63) is 65.7 Å². The predicted octanol–water partition coefficient (Wildman–Crippen LogP) is -7.12. The van der Waals surface area contributed by atoms with Crippen molar-refractivity contribution in [2.75, 3.05) is 38.2 Å². The number of phenols is 1. The van der Waals surface area contributed by atoms with Crippen LogP contribution < -0.4 is 103 Å². The van der Waals surface area contributed by atoms with Gasteiger partial charge in [-0.2, -0.15) is 11.8 Å². The second-order valence-corrected chi connectivity index (χ2v) is 33.2. The Labute approximate surface area is 749 Å². The van der Waals surface area contributed by atoms with E-state index in [4.69, 9.17) is 33.8 Å². The lowest BCUT2D eigenvalue weighted by Gasteiger charge is -2.30. The first kappa shape index (κ1) is 111. The van der Waals surface area contributed by atoms with E-state index in [0.29, 0.717) is 24.0 Å². The molecule has 0 unspecified atom stereocenters. The fourth-order valence-electron chi connectivity index (χ4n) is 13.3. The monoisotopic (exact) mass is 1840 g/mol. The molecular formula is C81H128N22O25S. The Kier molecular flexibility index (Phi) is 47.9. The highest BCUT2D eigenvalue weighted by Crippen LogP contribution is 2.22. The maximum absolute atomic E-state index is 14.7. The number of likely N-dealkylation sites (tertiary alicyclic amines) is 1. The van der Waals surface area contributed by atoms with Gasteiger partial charge in [-0.05, 0) is 131 Å². The van der Waals surface area contributed by atoms with Crippen LogP contribution in [-0.4, -0.2) is 300 Å². The number of carbonyl (C=O) groups excluding carboxylic acids is 15. The number of thioether (sulfide) groups is 1. The van der Waals surface area contributed by atoms with E-state index >= 15 is 0 Å². The molecule has 1 fully saturated rings. The molecule has 0 saturated carbocycles. The molecule has 32 N–H and O–H groups in total. The van der Waals surface area contributed by atoms with E-state index in [9.17, 15) is 122 Å². The van der Waals surface area contributed by atoms with Crippen molar-refractivity contribution in [2.24, 2.45) is 40.7 Å². The van der Waals surface area contributed by atoms with Crippen molar-refractivity contribution in [2.45, 2.75) is 255 Å².